The average molecular weight is 279 g/mol. The molecule has 3 heterocycles. The molecule has 0 bridgehead atoms. The van der Waals surface area contributed by atoms with Gasteiger partial charge in [-0.05, 0) is 32.2 Å². The number of piperazine rings is 1. The van der Waals surface area contributed by atoms with Gasteiger partial charge in [0.25, 0.3) is 0 Å². The number of carbonyl (C=O) groups excluding carboxylic acids is 2. The van der Waals surface area contributed by atoms with Crippen molar-refractivity contribution in [3.8, 4) is 0 Å². The molecule has 20 heavy (non-hydrogen) atoms. The van der Waals surface area contributed by atoms with Crippen LogP contribution in [0.4, 0.5) is 0 Å². The summed E-state index contributed by atoms with van der Waals surface area (Å²) in [6, 6.07) is 0.452. The van der Waals surface area contributed by atoms with Crippen LogP contribution in [0, 0.1) is 0 Å². The molecule has 112 valence electrons. The van der Waals surface area contributed by atoms with Crippen LogP contribution in [-0.2, 0) is 9.59 Å². The molecule has 3 fully saturated rings. The van der Waals surface area contributed by atoms with Crippen molar-refractivity contribution >= 4 is 11.8 Å². The molecule has 0 aliphatic carbocycles. The van der Waals surface area contributed by atoms with E-state index in [-0.39, 0.29) is 30.4 Å². The smallest absolute Gasteiger partial charge is 0.245 e. The minimum atomic E-state index is -0.293. The van der Waals surface area contributed by atoms with Gasteiger partial charge in [0, 0.05) is 18.6 Å². The SMILES string of the molecule is CCCC1NC(=O)CN(C2CCN3CCCCC23)C1=O. The molecule has 0 aromatic heterocycles. The number of hydrogen-bond acceptors (Lipinski definition) is 3. The highest BCUT2D eigenvalue weighted by Gasteiger charge is 2.44. The summed E-state index contributed by atoms with van der Waals surface area (Å²) in [5.41, 5.74) is 0. The van der Waals surface area contributed by atoms with Gasteiger partial charge in [0.1, 0.15) is 6.04 Å². The molecule has 3 aliphatic heterocycles. The summed E-state index contributed by atoms with van der Waals surface area (Å²) in [4.78, 5) is 28.9. The topological polar surface area (TPSA) is 52.7 Å². The van der Waals surface area contributed by atoms with Crippen LogP contribution in [0.25, 0.3) is 0 Å². The Morgan fingerprint density at radius 1 is 1.15 bits per heavy atom. The first-order valence-corrected chi connectivity index (χ1v) is 8.04. The molecule has 3 rings (SSSR count). The van der Waals surface area contributed by atoms with E-state index in [4.69, 9.17) is 0 Å². The van der Waals surface area contributed by atoms with Crippen LogP contribution < -0.4 is 5.32 Å². The number of carbonyl (C=O) groups is 2. The fourth-order valence-corrected chi connectivity index (χ4v) is 4.08. The number of nitrogens with one attached hydrogen (secondary N) is 1. The van der Waals surface area contributed by atoms with Crippen LogP contribution in [0.3, 0.4) is 0 Å². The molecule has 5 heteroatoms. The van der Waals surface area contributed by atoms with Crippen molar-refractivity contribution in [2.24, 2.45) is 0 Å². The molecule has 3 aliphatic rings. The van der Waals surface area contributed by atoms with Crippen molar-refractivity contribution in [3.63, 3.8) is 0 Å². The highest BCUT2D eigenvalue weighted by Crippen LogP contribution is 2.31. The summed E-state index contributed by atoms with van der Waals surface area (Å²) in [6.07, 6.45) is 6.41. The van der Waals surface area contributed by atoms with Gasteiger partial charge in [0.2, 0.25) is 11.8 Å². The molecule has 3 unspecified atom stereocenters. The van der Waals surface area contributed by atoms with Crippen molar-refractivity contribution in [2.45, 2.75) is 63.6 Å². The average Bonchev–Trinajstić information content (AvgIpc) is 2.86. The number of rotatable bonds is 3. The summed E-state index contributed by atoms with van der Waals surface area (Å²) in [6.45, 7) is 4.55. The van der Waals surface area contributed by atoms with E-state index in [1.807, 2.05) is 4.90 Å². The lowest BCUT2D eigenvalue weighted by atomic mass is 9.96. The minimum Gasteiger partial charge on any atom is -0.343 e. The second-order valence-electron chi connectivity index (χ2n) is 6.33. The van der Waals surface area contributed by atoms with Crippen LogP contribution in [0.2, 0.25) is 0 Å². The standard InChI is InChI=1S/C15H25N3O2/c1-2-5-11-15(20)18(10-14(19)16-11)13-7-9-17-8-4-3-6-12(13)17/h11-13H,2-10H2,1H3,(H,16,19). The first-order valence-electron chi connectivity index (χ1n) is 8.04. The zero-order chi connectivity index (χ0) is 14.1. The molecule has 0 aromatic rings. The van der Waals surface area contributed by atoms with E-state index in [0.29, 0.717) is 6.04 Å². The largest absolute Gasteiger partial charge is 0.343 e. The fourth-order valence-electron chi connectivity index (χ4n) is 4.08. The Morgan fingerprint density at radius 3 is 2.80 bits per heavy atom. The van der Waals surface area contributed by atoms with E-state index in [2.05, 4.69) is 17.1 Å². The third kappa shape index (κ3) is 2.43. The van der Waals surface area contributed by atoms with E-state index < -0.39 is 0 Å². The summed E-state index contributed by atoms with van der Waals surface area (Å²) in [7, 11) is 0. The van der Waals surface area contributed by atoms with Crippen molar-refractivity contribution in [2.75, 3.05) is 19.6 Å². The highest BCUT2D eigenvalue weighted by atomic mass is 16.2. The number of nitrogens with zero attached hydrogens (tertiary/aromatic N) is 2. The molecule has 0 radical (unpaired) electrons. The van der Waals surface area contributed by atoms with Crippen molar-refractivity contribution in [1.82, 2.24) is 15.1 Å². The molecule has 0 aromatic carbocycles. The molecule has 0 saturated carbocycles. The van der Waals surface area contributed by atoms with E-state index in [1.165, 1.54) is 19.3 Å². The van der Waals surface area contributed by atoms with Crippen LogP contribution in [0.5, 0.6) is 0 Å². The predicted molar refractivity (Wildman–Crippen MR) is 76.2 cm³/mol. The Kier molecular flexibility index (Phi) is 3.96. The maximum Gasteiger partial charge on any atom is 0.245 e. The Balaban J connectivity index is 1.74. The van der Waals surface area contributed by atoms with Gasteiger partial charge in [-0.15, -0.1) is 0 Å². The molecule has 2 amide bonds. The lowest BCUT2D eigenvalue weighted by molar-refractivity contribution is -0.147. The molecular formula is C15H25N3O2. The quantitative estimate of drug-likeness (QED) is 0.829. The third-order valence-electron chi connectivity index (χ3n) is 5.03. The lowest BCUT2D eigenvalue weighted by Crippen LogP contribution is -2.62. The maximum atomic E-state index is 12.6. The molecule has 0 spiro atoms. The number of amides is 2. The second-order valence-corrected chi connectivity index (χ2v) is 6.33. The lowest BCUT2D eigenvalue weighted by Gasteiger charge is -2.41. The number of piperidine rings is 1. The van der Waals surface area contributed by atoms with Gasteiger partial charge in [-0.25, -0.2) is 0 Å². The summed E-state index contributed by atoms with van der Waals surface area (Å²) in [5.74, 6) is 0.154. The van der Waals surface area contributed by atoms with Gasteiger partial charge in [-0.1, -0.05) is 19.8 Å². The van der Waals surface area contributed by atoms with Gasteiger partial charge in [0.15, 0.2) is 0 Å². The normalized spacial score (nSPS) is 35.0. The second kappa shape index (κ2) is 5.72. The van der Waals surface area contributed by atoms with Crippen molar-refractivity contribution in [1.29, 1.82) is 0 Å². The van der Waals surface area contributed by atoms with Gasteiger partial charge in [-0.3, -0.25) is 14.5 Å². The van der Waals surface area contributed by atoms with Gasteiger partial charge >= 0.3 is 0 Å². The fraction of sp³-hybridized carbons (Fsp3) is 0.867. The molecular weight excluding hydrogens is 254 g/mol. The van der Waals surface area contributed by atoms with E-state index in [9.17, 15) is 9.59 Å². The van der Waals surface area contributed by atoms with E-state index >= 15 is 0 Å². The van der Waals surface area contributed by atoms with Crippen LogP contribution in [0.15, 0.2) is 0 Å². The van der Waals surface area contributed by atoms with Crippen LogP contribution in [0.1, 0.15) is 45.4 Å². The van der Waals surface area contributed by atoms with Gasteiger partial charge in [-0.2, -0.15) is 0 Å². The Bertz CT molecular complexity index is 399. The first-order chi connectivity index (χ1) is 9.70. The number of fused-ring (bicyclic) bond motifs is 1. The first kappa shape index (κ1) is 13.9. The highest BCUT2D eigenvalue weighted by molar-refractivity contribution is 5.95. The Hall–Kier alpha value is -1.10. The minimum absolute atomic E-state index is 0.0114. The van der Waals surface area contributed by atoms with E-state index in [0.717, 1.165) is 32.4 Å². The third-order valence-corrected chi connectivity index (χ3v) is 5.03. The molecule has 1 N–H and O–H groups in total. The molecule has 3 saturated heterocycles. The molecule has 5 nitrogen and oxygen atoms in total. The number of hydrogen-bond donors (Lipinski definition) is 1. The monoisotopic (exact) mass is 279 g/mol. The summed E-state index contributed by atoms with van der Waals surface area (Å²) >= 11 is 0. The molecule has 3 atom stereocenters. The Morgan fingerprint density at radius 2 is 2.00 bits per heavy atom. The van der Waals surface area contributed by atoms with Gasteiger partial charge < -0.3 is 10.2 Å². The van der Waals surface area contributed by atoms with Gasteiger partial charge in [0.05, 0.1) is 6.54 Å². The predicted octanol–water partition coefficient (Wildman–Crippen LogP) is 0.740. The van der Waals surface area contributed by atoms with Crippen LogP contribution in [-0.4, -0.2) is 59.4 Å². The Labute approximate surface area is 120 Å². The van der Waals surface area contributed by atoms with E-state index in [1.54, 1.807) is 0 Å². The summed E-state index contributed by atoms with van der Waals surface area (Å²) < 4.78 is 0. The zero-order valence-corrected chi connectivity index (χ0v) is 12.3. The zero-order valence-electron chi connectivity index (χ0n) is 12.3. The van der Waals surface area contributed by atoms with Crippen LogP contribution >= 0.6 is 0 Å². The van der Waals surface area contributed by atoms with Crippen molar-refractivity contribution < 1.29 is 9.59 Å². The van der Waals surface area contributed by atoms with Crippen molar-refractivity contribution in [3.05, 3.63) is 0 Å². The maximum absolute atomic E-state index is 12.6. The summed E-state index contributed by atoms with van der Waals surface area (Å²) in [5, 5.41) is 2.85.